The Bertz CT molecular complexity index is 522. The Hall–Kier alpha value is -2.11. The van der Waals surface area contributed by atoms with E-state index in [1.165, 1.54) is 6.07 Å². The van der Waals surface area contributed by atoms with Crippen LogP contribution in [0.3, 0.4) is 0 Å². The number of carbonyl (C=O) groups excluding carboxylic acids is 1. The molecule has 1 aliphatic rings. The van der Waals surface area contributed by atoms with E-state index in [1.54, 1.807) is 24.0 Å². The van der Waals surface area contributed by atoms with E-state index < -0.39 is 4.92 Å². The molecule has 1 saturated heterocycles. The Morgan fingerprint density at radius 2 is 2.05 bits per heavy atom. The van der Waals surface area contributed by atoms with Crippen molar-refractivity contribution in [1.82, 2.24) is 4.90 Å². The maximum atomic E-state index is 12.1. The fourth-order valence-electron chi connectivity index (χ4n) is 2.35. The molecule has 0 aromatic heterocycles. The number of anilines is 1. The van der Waals surface area contributed by atoms with Gasteiger partial charge in [0.05, 0.1) is 4.92 Å². The molecule has 20 heavy (non-hydrogen) atoms. The molecule has 0 atom stereocenters. The Labute approximate surface area is 117 Å². The molecule has 1 N–H and O–H groups in total. The highest BCUT2D eigenvalue weighted by molar-refractivity contribution is 5.89. The summed E-state index contributed by atoms with van der Waals surface area (Å²) in [7, 11) is 0. The summed E-state index contributed by atoms with van der Waals surface area (Å²) in [6.07, 6.45) is 2.04. The average Bonchev–Trinajstić information content (AvgIpc) is 2.39. The second-order valence-corrected chi connectivity index (χ2v) is 5.36. The Kier molecular flexibility index (Phi) is 4.22. The molecular formula is C14H19N3O3. The highest BCUT2D eigenvalue weighted by Gasteiger charge is 2.20. The van der Waals surface area contributed by atoms with Crippen LogP contribution in [0.5, 0.6) is 0 Å². The average molecular weight is 277 g/mol. The predicted octanol–water partition coefficient (Wildman–Crippen LogP) is 3.17. The summed E-state index contributed by atoms with van der Waals surface area (Å²) in [6, 6.07) is 4.48. The van der Waals surface area contributed by atoms with Crippen LogP contribution >= 0.6 is 0 Å². The second-order valence-electron chi connectivity index (χ2n) is 5.36. The molecule has 6 nitrogen and oxygen atoms in total. The summed E-state index contributed by atoms with van der Waals surface area (Å²) in [4.78, 5) is 24.2. The number of hydrogen-bond donors (Lipinski definition) is 1. The summed E-state index contributed by atoms with van der Waals surface area (Å²) < 4.78 is 0. The lowest BCUT2D eigenvalue weighted by molar-refractivity contribution is -0.385. The molecule has 0 radical (unpaired) electrons. The molecule has 0 saturated carbocycles. The molecule has 0 spiro atoms. The molecule has 1 fully saturated rings. The third kappa shape index (κ3) is 3.26. The van der Waals surface area contributed by atoms with Crippen LogP contribution in [0.2, 0.25) is 0 Å². The summed E-state index contributed by atoms with van der Waals surface area (Å²) >= 11 is 0. The Morgan fingerprint density at radius 1 is 1.40 bits per heavy atom. The molecule has 2 rings (SSSR count). The van der Waals surface area contributed by atoms with E-state index >= 15 is 0 Å². The van der Waals surface area contributed by atoms with Gasteiger partial charge in [0.25, 0.3) is 5.69 Å². The minimum Gasteiger partial charge on any atom is -0.325 e. The van der Waals surface area contributed by atoms with E-state index in [2.05, 4.69) is 12.2 Å². The lowest BCUT2D eigenvalue weighted by atomic mass is 10.00. The van der Waals surface area contributed by atoms with Crippen LogP contribution in [-0.2, 0) is 0 Å². The topological polar surface area (TPSA) is 75.5 Å². The minimum absolute atomic E-state index is 0.0646. The molecule has 1 aromatic carbocycles. The number of likely N-dealkylation sites (tertiary alicyclic amines) is 1. The van der Waals surface area contributed by atoms with Crippen LogP contribution in [0.25, 0.3) is 0 Å². The number of piperidine rings is 1. The number of benzene rings is 1. The maximum Gasteiger partial charge on any atom is 0.321 e. The number of nitrogens with one attached hydrogen (secondary N) is 1. The third-order valence-electron chi connectivity index (χ3n) is 3.72. The summed E-state index contributed by atoms with van der Waals surface area (Å²) in [5, 5.41) is 13.5. The summed E-state index contributed by atoms with van der Waals surface area (Å²) in [5.41, 5.74) is 1.20. The number of amides is 2. The minimum atomic E-state index is -0.424. The Balaban J connectivity index is 2.01. The number of carbonyl (C=O) groups is 1. The molecule has 0 unspecified atom stereocenters. The van der Waals surface area contributed by atoms with Gasteiger partial charge in [0.1, 0.15) is 0 Å². The lowest BCUT2D eigenvalue weighted by Crippen LogP contribution is -2.40. The van der Waals surface area contributed by atoms with Gasteiger partial charge >= 0.3 is 6.03 Å². The van der Waals surface area contributed by atoms with Gasteiger partial charge in [-0.3, -0.25) is 10.1 Å². The monoisotopic (exact) mass is 277 g/mol. The van der Waals surface area contributed by atoms with Gasteiger partial charge in [-0.25, -0.2) is 4.79 Å². The molecule has 1 aliphatic heterocycles. The van der Waals surface area contributed by atoms with Crippen LogP contribution in [0.4, 0.5) is 16.2 Å². The van der Waals surface area contributed by atoms with Gasteiger partial charge in [0, 0.05) is 30.4 Å². The van der Waals surface area contributed by atoms with Crippen molar-refractivity contribution in [1.29, 1.82) is 0 Å². The van der Waals surface area contributed by atoms with Crippen molar-refractivity contribution in [3.63, 3.8) is 0 Å². The zero-order valence-corrected chi connectivity index (χ0v) is 11.8. The molecule has 0 bridgehead atoms. The van der Waals surface area contributed by atoms with Crippen LogP contribution in [0, 0.1) is 23.0 Å². The van der Waals surface area contributed by atoms with E-state index in [-0.39, 0.29) is 11.7 Å². The number of nitrogens with zero attached hydrogens (tertiary/aromatic N) is 2. The van der Waals surface area contributed by atoms with Crippen molar-refractivity contribution in [2.75, 3.05) is 18.4 Å². The van der Waals surface area contributed by atoms with Crippen molar-refractivity contribution < 1.29 is 9.72 Å². The molecule has 0 aliphatic carbocycles. The lowest BCUT2D eigenvalue weighted by Gasteiger charge is -2.30. The quantitative estimate of drug-likeness (QED) is 0.666. The standard InChI is InChI=1S/C14H19N3O3/c1-10-5-7-16(8-6-10)14(18)15-12-3-4-13(17(19)20)11(2)9-12/h3-4,9-10H,5-8H2,1-2H3,(H,15,18). The molecule has 6 heteroatoms. The molecule has 108 valence electrons. The molecule has 1 heterocycles. The number of urea groups is 1. The van der Waals surface area contributed by atoms with Crippen molar-refractivity contribution in [2.45, 2.75) is 26.7 Å². The van der Waals surface area contributed by atoms with Gasteiger partial charge < -0.3 is 10.2 Å². The first kappa shape index (κ1) is 14.3. The van der Waals surface area contributed by atoms with Gasteiger partial charge in [-0.05, 0) is 37.8 Å². The number of nitro groups is 1. The summed E-state index contributed by atoms with van der Waals surface area (Å²) in [6.45, 7) is 5.38. The predicted molar refractivity (Wildman–Crippen MR) is 76.8 cm³/mol. The van der Waals surface area contributed by atoms with Gasteiger partial charge in [-0.1, -0.05) is 6.92 Å². The largest absolute Gasteiger partial charge is 0.325 e. The smallest absolute Gasteiger partial charge is 0.321 e. The van der Waals surface area contributed by atoms with E-state index in [4.69, 9.17) is 0 Å². The van der Waals surface area contributed by atoms with Gasteiger partial charge in [0.15, 0.2) is 0 Å². The van der Waals surface area contributed by atoms with Gasteiger partial charge in [0.2, 0.25) is 0 Å². The van der Waals surface area contributed by atoms with Gasteiger partial charge in [-0.2, -0.15) is 0 Å². The molecule has 2 amide bonds. The highest BCUT2D eigenvalue weighted by atomic mass is 16.6. The van der Waals surface area contributed by atoms with Crippen molar-refractivity contribution >= 4 is 17.4 Å². The van der Waals surface area contributed by atoms with Crippen LogP contribution in [-0.4, -0.2) is 28.9 Å². The van der Waals surface area contributed by atoms with Crippen LogP contribution in [0.15, 0.2) is 18.2 Å². The third-order valence-corrected chi connectivity index (χ3v) is 3.72. The van der Waals surface area contributed by atoms with Crippen LogP contribution < -0.4 is 5.32 Å². The molecular weight excluding hydrogens is 258 g/mol. The van der Waals surface area contributed by atoms with Crippen LogP contribution in [0.1, 0.15) is 25.3 Å². The van der Waals surface area contributed by atoms with Crippen molar-refractivity contribution in [2.24, 2.45) is 5.92 Å². The first-order valence-corrected chi connectivity index (χ1v) is 6.78. The fraction of sp³-hybridized carbons (Fsp3) is 0.500. The SMILES string of the molecule is Cc1cc(NC(=O)N2CCC(C)CC2)ccc1[N+](=O)[O-]. The number of aryl methyl sites for hydroxylation is 1. The van der Waals surface area contributed by atoms with E-state index in [1.807, 2.05) is 0 Å². The van der Waals surface area contributed by atoms with E-state index in [0.717, 1.165) is 25.9 Å². The first-order valence-electron chi connectivity index (χ1n) is 6.78. The first-order chi connectivity index (χ1) is 9.47. The maximum absolute atomic E-state index is 12.1. The van der Waals surface area contributed by atoms with E-state index in [9.17, 15) is 14.9 Å². The fourth-order valence-corrected chi connectivity index (χ4v) is 2.35. The normalized spacial score (nSPS) is 16.0. The highest BCUT2D eigenvalue weighted by Crippen LogP contribution is 2.22. The number of hydrogen-bond acceptors (Lipinski definition) is 3. The number of rotatable bonds is 2. The van der Waals surface area contributed by atoms with Crippen molar-refractivity contribution in [3.05, 3.63) is 33.9 Å². The number of nitro benzene ring substituents is 1. The van der Waals surface area contributed by atoms with Crippen molar-refractivity contribution in [3.8, 4) is 0 Å². The zero-order chi connectivity index (χ0) is 14.7. The zero-order valence-electron chi connectivity index (χ0n) is 11.8. The molecule has 1 aromatic rings. The van der Waals surface area contributed by atoms with E-state index in [0.29, 0.717) is 17.2 Å². The second kappa shape index (κ2) is 5.90. The Morgan fingerprint density at radius 3 is 2.60 bits per heavy atom. The summed E-state index contributed by atoms with van der Waals surface area (Å²) in [5.74, 6) is 0.667. The van der Waals surface area contributed by atoms with Gasteiger partial charge in [-0.15, -0.1) is 0 Å².